The van der Waals surface area contributed by atoms with Gasteiger partial charge in [-0.15, -0.1) is 5.10 Å². The predicted molar refractivity (Wildman–Crippen MR) is 57.5 cm³/mol. The van der Waals surface area contributed by atoms with Crippen LogP contribution in [0.4, 0.5) is 5.95 Å². The molecule has 0 aliphatic carbocycles. The maximum atomic E-state index is 5.23. The molecule has 0 fully saturated rings. The van der Waals surface area contributed by atoms with Crippen LogP contribution in [-0.4, -0.2) is 28.9 Å². The van der Waals surface area contributed by atoms with Crippen molar-refractivity contribution in [2.24, 2.45) is 0 Å². The highest BCUT2D eigenvalue weighted by molar-refractivity contribution is 5.46. The highest BCUT2D eigenvalue weighted by Crippen LogP contribution is 2.21. The molecular formula is C10H12N4O. The molecule has 15 heavy (non-hydrogen) atoms. The minimum atomic E-state index is 0.584. The summed E-state index contributed by atoms with van der Waals surface area (Å²) < 4.78 is 6.90. The molecule has 2 aromatic rings. The molecular weight excluding hydrogens is 192 g/mol. The van der Waals surface area contributed by atoms with E-state index in [1.54, 1.807) is 25.2 Å². The van der Waals surface area contributed by atoms with Gasteiger partial charge in [-0.1, -0.05) is 12.1 Å². The monoisotopic (exact) mass is 204 g/mol. The van der Waals surface area contributed by atoms with E-state index in [0.717, 1.165) is 11.4 Å². The zero-order chi connectivity index (χ0) is 10.7. The molecule has 1 aromatic carbocycles. The number of hydrogen-bond donors (Lipinski definition) is 1. The second-order valence-electron chi connectivity index (χ2n) is 2.93. The first-order chi connectivity index (χ1) is 7.35. The smallest absolute Gasteiger partial charge is 0.242 e. The highest BCUT2D eigenvalue weighted by atomic mass is 16.5. The molecule has 0 atom stereocenters. The van der Waals surface area contributed by atoms with E-state index in [0.29, 0.717) is 5.95 Å². The maximum Gasteiger partial charge on any atom is 0.242 e. The third-order valence-electron chi connectivity index (χ3n) is 2.05. The number of rotatable bonds is 3. The van der Waals surface area contributed by atoms with Gasteiger partial charge in [-0.3, -0.25) is 0 Å². The number of methoxy groups -OCH3 is 1. The summed E-state index contributed by atoms with van der Waals surface area (Å²) in [5, 5.41) is 7.09. The summed E-state index contributed by atoms with van der Waals surface area (Å²) in [4.78, 5) is 4.07. The van der Waals surface area contributed by atoms with Crippen molar-refractivity contribution in [2.75, 3.05) is 19.5 Å². The summed E-state index contributed by atoms with van der Waals surface area (Å²) in [6.07, 6.45) is 1.64. The molecule has 0 spiro atoms. The van der Waals surface area contributed by atoms with Crippen LogP contribution in [0.15, 0.2) is 30.6 Å². The van der Waals surface area contributed by atoms with Crippen molar-refractivity contribution in [1.29, 1.82) is 0 Å². The largest absolute Gasteiger partial charge is 0.494 e. The van der Waals surface area contributed by atoms with Crippen LogP contribution in [0.3, 0.4) is 0 Å². The van der Waals surface area contributed by atoms with Gasteiger partial charge in [-0.05, 0) is 12.1 Å². The SMILES string of the molecule is CNc1ncn(-c2ccccc2OC)n1. The van der Waals surface area contributed by atoms with E-state index in [-0.39, 0.29) is 0 Å². The molecule has 0 saturated heterocycles. The molecule has 5 heteroatoms. The fourth-order valence-electron chi connectivity index (χ4n) is 1.31. The summed E-state index contributed by atoms with van der Waals surface area (Å²) >= 11 is 0. The lowest BCUT2D eigenvalue weighted by atomic mass is 10.3. The van der Waals surface area contributed by atoms with Crippen molar-refractivity contribution < 1.29 is 4.74 Å². The first-order valence-electron chi connectivity index (χ1n) is 4.58. The Morgan fingerprint density at radius 2 is 2.13 bits per heavy atom. The van der Waals surface area contributed by atoms with Gasteiger partial charge >= 0.3 is 0 Å². The molecule has 0 unspecified atom stereocenters. The van der Waals surface area contributed by atoms with Crippen molar-refractivity contribution in [3.63, 3.8) is 0 Å². The van der Waals surface area contributed by atoms with E-state index >= 15 is 0 Å². The third-order valence-corrected chi connectivity index (χ3v) is 2.05. The minimum absolute atomic E-state index is 0.584. The zero-order valence-electron chi connectivity index (χ0n) is 8.64. The molecule has 2 rings (SSSR count). The van der Waals surface area contributed by atoms with Gasteiger partial charge in [0.15, 0.2) is 0 Å². The Kier molecular flexibility index (Phi) is 2.53. The number of nitrogens with zero attached hydrogens (tertiary/aromatic N) is 3. The standard InChI is InChI=1S/C10H12N4O/c1-11-10-12-7-14(13-10)8-5-3-4-6-9(8)15-2/h3-7H,1-2H3,(H,11,13). The molecule has 0 saturated carbocycles. The Bertz CT molecular complexity index is 452. The topological polar surface area (TPSA) is 52.0 Å². The normalized spacial score (nSPS) is 10.0. The van der Waals surface area contributed by atoms with Crippen LogP contribution in [0.5, 0.6) is 5.75 Å². The Morgan fingerprint density at radius 1 is 1.33 bits per heavy atom. The van der Waals surface area contributed by atoms with Crippen molar-refractivity contribution in [2.45, 2.75) is 0 Å². The van der Waals surface area contributed by atoms with Crippen LogP contribution in [-0.2, 0) is 0 Å². The first kappa shape index (κ1) is 9.51. The van der Waals surface area contributed by atoms with E-state index in [1.807, 2.05) is 24.3 Å². The number of aromatic nitrogens is 3. The second-order valence-corrected chi connectivity index (χ2v) is 2.93. The van der Waals surface area contributed by atoms with Gasteiger partial charge in [0.05, 0.1) is 7.11 Å². The first-order valence-corrected chi connectivity index (χ1v) is 4.58. The van der Waals surface area contributed by atoms with E-state index in [1.165, 1.54) is 0 Å². The molecule has 1 N–H and O–H groups in total. The van der Waals surface area contributed by atoms with Gasteiger partial charge in [0, 0.05) is 7.05 Å². The van der Waals surface area contributed by atoms with E-state index in [2.05, 4.69) is 15.4 Å². The number of ether oxygens (including phenoxy) is 1. The van der Waals surface area contributed by atoms with Gasteiger partial charge < -0.3 is 10.1 Å². The third kappa shape index (κ3) is 1.76. The summed E-state index contributed by atoms with van der Waals surface area (Å²) in [6.45, 7) is 0. The Labute approximate surface area is 87.7 Å². The molecule has 1 heterocycles. The minimum Gasteiger partial charge on any atom is -0.494 e. The quantitative estimate of drug-likeness (QED) is 0.819. The lowest BCUT2D eigenvalue weighted by Gasteiger charge is -2.06. The molecule has 0 bridgehead atoms. The van der Waals surface area contributed by atoms with Crippen molar-refractivity contribution in [3.05, 3.63) is 30.6 Å². The maximum absolute atomic E-state index is 5.23. The number of benzene rings is 1. The van der Waals surface area contributed by atoms with Gasteiger partial charge in [-0.2, -0.15) is 0 Å². The van der Waals surface area contributed by atoms with Gasteiger partial charge in [0.25, 0.3) is 0 Å². The fourth-order valence-corrected chi connectivity index (χ4v) is 1.31. The van der Waals surface area contributed by atoms with Gasteiger partial charge in [-0.25, -0.2) is 9.67 Å². The van der Waals surface area contributed by atoms with Crippen LogP contribution >= 0.6 is 0 Å². The summed E-state index contributed by atoms with van der Waals surface area (Å²) in [7, 11) is 3.41. The summed E-state index contributed by atoms with van der Waals surface area (Å²) in [5.74, 6) is 1.35. The molecule has 0 amide bonds. The van der Waals surface area contributed by atoms with Crippen molar-refractivity contribution in [3.8, 4) is 11.4 Å². The van der Waals surface area contributed by atoms with E-state index < -0.39 is 0 Å². The van der Waals surface area contributed by atoms with Crippen molar-refractivity contribution >= 4 is 5.95 Å². The van der Waals surface area contributed by atoms with E-state index in [4.69, 9.17) is 4.74 Å². The second kappa shape index (κ2) is 4.00. The van der Waals surface area contributed by atoms with Crippen molar-refractivity contribution in [1.82, 2.24) is 14.8 Å². The number of para-hydroxylation sites is 2. The van der Waals surface area contributed by atoms with Gasteiger partial charge in [0.2, 0.25) is 5.95 Å². The van der Waals surface area contributed by atoms with Crippen LogP contribution in [0.2, 0.25) is 0 Å². The Morgan fingerprint density at radius 3 is 2.80 bits per heavy atom. The lowest BCUT2D eigenvalue weighted by Crippen LogP contribution is -1.99. The molecule has 0 radical (unpaired) electrons. The van der Waals surface area contributed by atoms with Gasteiger partial charge in [0.1, 0.15) is 17.8 Å². The van der Waals surface area contributed by atoms with Crippen LogP contribution in [0, 0.1) is 0 Å². The zero-order valence-corrected chi connectivity index (χ0v) is 8.64. The average Bonchev–Trinajstić information content (AvgIpc) is 2.77. The van der Waals surface area contributed by atoms with Crippen LogP contribution < -0.4 is 10.1 Å². The molecule has 0 aliphatic heterocycles. The number of anilines is 1. The Hall–Kier alpha value is -2.04. The molecule has 0 aliphatic rings. The number of hydrogen-bond acceptors (Lipinski definition) is 4. The summed E-state index contributed by atoms with van der Waals surface area (Å²) in [5.41, 5.74) is 0.869. The molecule has 1 aromatic heterocycles. The average molecular weight is 204 g/mol. The van der Waals surface area contributed by atoms with E-state index in [9.17, 15) is 0 Å². The fraction of sp³-hybridized carbons (Fsp3) is 0.200. The number of nitrogens with one attached hydrogen (secondary N) is 1. The highest BCUT2D eigenvalue weighted by Gasteiger charge is 2.05. The molecule has 78 valence electrons. The molecule has 5 nitrogen and oxygen atoms in total. The van der Waals surface area contributed by atoms with Crippen LogP contribution in [0.1, 0.15) is 0 Å². The summed E-state index contributed by atoms with van der Waals surface area (Å²) in [6, 6.07) is 7.65. The Balaban J connectivity index is 2.44. The van der Waals surface area contributed by atoms with Crippen LogP contribution in [0.25, 0.3) is 5.69 Å². The lowest BCUT2D eigenvalue weighted by molar-refractivity contribution is 0.411. The predicted octanol–water partition coefficient (Wildman–Crippen LogP) is 1.32.